The second-order valence-electron chi connectivity index (χ2n) is 4.81. The van der Waals surface area contributed by atoms with Gasteiger partial charge >= 0.3 is 0 Å². The van der Waals surface area contributed by atoms with Crippen molar-refractivity contribution in [1.82, 2.24) is 9.97 Å². The molecular weight excluding hydrogens is 234 g/mol. The molecule has 3 N–H and O–H groups in total. The highest BCUT2D eigenvalue weighted by molar-refractivity contribution is 7.98. The summed E-state index contributed by atoms with van der Waals surface area (Å²) in [4.78, 5) is 11.2. The van der Waals surface area contributed by atoms with Crippen molar-refractivity contribution in [2.45, 2.75) is 37.4 Å². The van der Waals surface area contributed by atoms with Crippen LogP contribution < -0.4 is 16.2 Å². The normalized spacial score (nSPS) is 18.5. The molecule has 2 heterocycles. The highest BCUT2D eigenvalue weighted by Crippen LogP contribution is 2.33. The molecule has 1 saturated heterocycles. The van der Waals surface area contributed by atoms with Gasteiger partial charge in [-0.05, 0) is 32.9 Å². The van der Waals surface area contributed by atoms with Crippen LogP contribution in [0.2, 0.25) is 0 Å². The number of hydrogen-bond acceptors (Lipinski definition) is 6. The average Bonchev–Trinajstić information content (AvgIpc) is 2.68. The molecule has 1 aromatic heterocycles. The number of nitrogen functional groups attached to an aromatic ring is 1. The van der Waals surface area contributed by atoms with Crippen molar-refractivity contribution in [3.8, 4) is 0 Å². The van der Waals surface area contributed by atoms with Crippen LogP contribution in [-0.4, -0.2) is 28.3 Å². The van der Waals surface area contributed by atoms with Gasteiger partial charge in [0, 0.05) is 18.2 Å². The Bertz CT molecular complexity index is 385. The van der Waals surface area contributed by atoms with Crippen molar-refractivity contribution < 1.29 is 0 Å². The number of rotatable bonds is 3. The third-order valence-corrected chi connectivity index (χ3v) is 3.75. The van der Waals surface area contributed by atoms with E-state index in [1.54, 1.807) is 0 Å². The highest BCUT2D eigenvalue weighted by atomic mass is 32.2. The Morgan fingerprint density at radius 3 is 2.76 bits per heavy atom. The molecule has 2 rings (SSSR count). The van der Waals surface area contributed by atoms with Crippen molar-refractivity contribution >= 4 is 23.4 Å². The summed E-state index contributed by atoms with van der Waals surface area (Å²) >= 11 is 1.53. The average molecular weight is 253 g/mol. The van der Waals surface area contributed by atoms with Crippen LogP contribution in [0, 0.1) is 0 Å². The van der Waals surface area contributed by atoms with Gasteiger partial charge in [-0.15, -0.1) is 0 Å². The van der Waals surface area contributed by atoms with E-state index in [0.717, 1.165) is 17.5 Å². The van der Waals surface area contributed by atoms with Crippen LogP contribution in [-0.2, 0) is 0 Å². The largest absolute Gasteiger partial charge is 0.351 e. The molecule has 0 unspecified atom stereocenters. The van der Waals surface area contributed by atoms with Crippen LogP contribution in [0.25, 0.3) is 0 Å². The van der Waals surface area contributed by atoms with Gasteiger partial charge in [-0.3, -0.25) is 0 Å². The standard InChI is InChI=1S/C11H19N5S/c1-11(2)5-4-6-16(11)9-7-8(15-12)13-10(14-9)17-3/h7H,4-6,12H2,1-3H3,(H,13,14,15). The summed E-state index contributed by atoms with van der Waals surface area (Å²) in [5.41, 5.74) is 2.76. The van der Waals surface area contributed by atoms with E-state index in [1.807, 2.05) is 12.3 Å². The molecule has 5 nitrogen and oxygen atoms in total. The summed E-state index contributed by atoms with van der Waals surface area (Å²) in [6, 6.07) is 1.91. The van der Waals surface area contributed by atoms with E-state index >= 15 is 0 Å². The van der Waals surface area contributed by atoms with E-state index in [1.165, 1.54) is 24.6 Å². The van der Waals surface area contributed by atoms with E-state index in [0.29, 0.717) is 5.82 Å². The first-order chi connectivity index (χ1) is 8.06. The molecule has 0 radical (unpaired) electrons. The van der Waals surface area contributed by atoms with Gasteiger partial charge in [0.05, 0.1) is 0 Å². The SMILES string of the molecule is CSc1nc(NN)cc(N2CCCC2(C)C)n1. The molecule has 1 fully saturated rings. The van der Waals surface area contributed by atoms with Gasteiger partial charge in [-0.25, -0.2) is 15.8 Å². The number of nitrogens with zero attached hydrogens (tertiary/aromatic N) is 3. The molecule has 0 bridgehead atoms. The summed E-state index contributed by atoms with van der Waals surface area (Å²) in [5, 5.41) is 0.748. The van der Waals surface area contributed by atoms with Gasteiger partial charge in [0.2, 0.25) is 0 Å². The minimum absolute atomic E-state index is 0.163. The Balaban J connectivity index is 2.37. The molecule has 94 valence electrons. The van der Waals surface area contributed by atoms with E-state index in [4.69, 9.17) is 5.84 Å². The molecule has 1 aliphatic rings. The third-order valence-electron chi connectivity index (χ3n) is 3.20. The predicted octanol–water partition coefficient (Wildman–Crippen LogP) is 1.86. The topological polar surface area (TPSA) is 67.1 Å². The Morgan fingerprint density at radius 1 is 1.47 bits per heavy atom. The Morgan fingerprint density at radius 2 is 2.24 bits per heavy atom. The number of thioether (sulfide) groups is 1. The van der Waals surface area contributed by atoms with E-state index < -0.39 is 0 Å². The van der Waals surface area contributed by atoms with Gasteiger partial charge in [0.25, 0.3) is 0 Å². The number of hydrogen-bond donors (Lipinski definition) is 2. The molecule has 1 aliphatic heterocycles. The molecule has 0 saturated carbocycles. The molecule has 0 atom stereocenters. The van der Waals surface area contributed by atoms with Gasteiger partial charge < -0.3 is 10.3 Å². The van der Waals surface area contributed by atoms with Gasteiger partial charge in [0.15, 0.2) is 5.16 Å². The fourth-order valence-corrected chi connectivity index (χ4v) is 2.62. The monoisotopic (exact) mass is 253 g/mol. The Kier molecular flexibility index (Phi) is 3.44. The first-order valence-corrected chi connectivity index (χ1v) is 6.96. The number of nitrogens with two attached hydrogens (primary N) is 1. The molecule has 6 heteroatoms. The maximum atomic E-state index is 5.44. The van der Waals surface area contributed by atoms with E-state index in [-0.39, 0.29) is 5.54 Å². The van der Waals surface area contributed by atoms with Gasteiger partial charge in [-0.1, -0.05) is 11.8 Å². The summed E-state index contributed by atoms with van der Waals surface area (Å²) in [7, 11) is 0. The zero-order chi connectivity index (χ0) is 12.5. The van der Waals surface area contributed by atoms with Crippen LogP contribution >= 0.6 is 11.8 Å². The summed E-state index contributed by atoms with van der Waals surface area (Å²) in [6.45, 7) is 5.54. The number of anilines is 2. The second-order valence-corrected chi connectivity index (χ2v) is 5.58. The molecule has 1 aromatic rings. The maximum absolute atomic E-state index is 5.44. The van der Waals surface area contributed by atoms with E-state index in [2.05, 4.69) is 34.1 Å². The predicted molar refractivity (Wildman–Crippen MR) is 72.3 cm³/mol. The lowest BCUT2D eigenvalue weighted by atomic mass is 10.0. The van der Waals surface area contributed by atoms with Crippen molar-refractivity contribution in [2.75, 3.05) is 23.1 Å². The Labute approximate surface area is 106 Å². The summed E-state index contributed by atoms with van der Waals surface area (Å²) < 4.78 is 0. The molecular formula is C11H19N5S. The van der Waals surface area contributed by atoms with Crippen LogP contribution in [0.1, 0.15) is 26.7 Å². The summed E-state index contributed by atoms with van der Waals surface area (Å²) in [5.74, 6) is 7.07. The van der Waals surface area contributed by atoms with Crippen LogP contribution in [0.4, 0.5) is 11.6 Å². The first-order valence-electron chi connectivity index (χ1n) is 5.74. The molecule has 0 aromatic carbocycles. The zero-order valence-electron chi connectivity index (χ0n) is 10.5. The van der Waals surface area contributed by atoms with Crippen LogP contribution in [0.3, 0.4) is 0 Å². The maximum Gasteiger partial charge on any atom is 0.191 e. The van der Waals surface area contributed by atoms with Crippen molar-refractivity contribution in [1.29, 1.82) is 0 Å². The van der Waals surface area contributed by atoms with E-state index in [9.17, 15) is 0 Å². The van der Waals surface area contributed by atoms with Crippen LogP contribution in [0.5, 0.6) is 0 Å². The zero-order valence-corrected chi connectivity index (χ0v) is 11.3. The van der Waals surface area contributed by atoms with Gasteiger partial charge in [-0.2, -0.15) is 0 Å². The molecule has 0 aliphatic carbocycles. The fraction of sp³-hybridized carbons (Fsp3) is 0.636. The lowest BCUT2D eigenvalue weighted by Gasteiger charge is -2.32. The quantitative estimate of drug-likeness (QED) is 0.371. The van der Waals surface area contributed by atoms with Crippen molar-refractivity contribution in [3.05, 3.63) is 6.07 Å². The van der Waals surface area contributed by atoms with Crippen molar-refractivity contribution in [2.24, 2.45) is 5.84 Å². The van der Waals surface area contributed by atoms with Crippen LogP contribution in [0.15, 0.2) is 11.2 Å². The number of aromatic nitrogens is 2. The van der Waals surface area contributed by atoms with Gasteiger partial charge in [0.1, 0.15) is 11.6 Å². The first kappa shape index (κ1) is 12.4. The second kappa shape index (κ2) is 4.70. The fourth-order valence-electron chi connectivity index (χ4n) is 2.25. The smallest absolute Gasteiger partial charge is 0.191 e. The number of nitrogens with one attached hydrogen (secondary N) is 1. The minimum Gasteiger partial charge on any atom is -0.351 e. The molecule has 17 heavy (non-hydrogen) atoms. The number of hydrazine groups is 1. The van der Waals surface area contributed by atoms with Crippen molar-refractivity contribution in [3.63, 3.8) is 0 Å². The Hall–Kier alpha value is -1.01. The third kappa shape index (κ3) is 2.47. The lowest BCUT2D eigenvalue weighted by Crippen LogP contribution is -2.38. The molecule has 0 spiro atoms. The molecule has 0 amide bonds. The highest BCUT2D eigenvalue weighted by Gasteiger charge is 2.33. The minimum atomic E-state index is 0.163. The lowest BCUT2D eigenvalue weighted by molar-refractivity contribution is 0.513. The summed E-state index contributed by atoms with van der Waals surface area (Å²) in [6.07, 6.45) is 4.36.